The van der Waals surface area contributed by atoms with E-state index >= 15 is 0 Å². The molecule has 2 aromatic rings. The molecule has 0 unspecified atom stereocenters. The first-order chi connectivity index (χ1) is 6.45. The smallest absolute Gasteiger partial charge is 0.187 e. The van der Waals surface area contributed by atoms with Gasteiger partial charge in [-0.05, 0) is 24.3 Å². The Bertz CT molecular complexity index is 326. The molecule has 0 aliphatic rings. The molecule has 0 saturated carbocycles. The maximum atomic E-state index is 5.58. The lowest BCUT2D eigenvalue weighted by Gasteiger charge is -2.03. The van der Waals surface area contributed by atoms with E-state index in [1.807, 2.05) is 60.7 Å². The van der Waals surface area contributed by atoms with Crippen molar-refractivity contribution < 1.29 is 4.74 Å². The SMILES string of the molecule is Cl.[AlH3].c1ccc(Oc2ccccc2)cc1. The summed E-state index contributed by atoms with van der Waals surface area (Å²) in [7, 11) is 0. The van der Waals surface area contributed by atoms with E-state index in [-0.39, 0.29) is 29.8 Å². The van der Waals surface area contributed by atoms with E-state index in [1.54, 1.807) is 0 Å². The molecule has 0 fully saturated rings. The third-order valence-electron chi connectivity index (χ3n) is 1.72. The summed E-state index contributed by atoms with van der Waals surface area (Å²) in [6, 6.07) is 19.5. The topological polar surface area (TPSA) is 9.23 Å². The summed E-state index contributed by atoms with van der Waals surface area (Å²) in [6.07, 6.45) is 0. The predicted molar refractivity (Wildman–Crippen MR) is 70.1 cm³/mol. The van der Waals surface area contributed by atoms with E-state index in [2.05, 4.69) is 0 Å². The number of hydrogen-bond acceptors (Lipinski definition) is 1. The van der Waals surface area contributed by atoms with Crippen molar-refractivity contribution in [1.82, 2.24) is 0 Å². The molecular weight excluding hydrogens is 223 g/mol. The quantitative estimate of drug-likeness (QED) is 0.729. The minimum Gasteiger partial charge on any atom is -0.457 e. The van der Waals surface area contributed by atoms with Crippen molar-refractivity contribution in [1.29, 1.82) is 0 Å². The van der Waals surface area contributed by atoms with Crippen molar-refractivity contribution in [2.75, 3.05) is 0 Å². The molecule has 0 saturated heterocycles. The average molecular weight is 237 g/mol. The molecule has 0 spiro atoms. The normalized spacial score (nSPS) is 8.27. The van der Waals surface area contributed by atoms with Crippen LogP contribution in [-0.4, -0.2) is 17.4 Å². The van der Waals surface area contributed by atoms with Gasteiger partial charge in [-0.25, -0.2) is 0 Å². The zero-order valence-electron chi connectivity index (χ0n) is 7.59. The molecule has 0 aliphatic carbocycles. The van der Waals surface area contributed by atoms with Crippen molar-refractivity contribution in [3.8, 4) is 11.5 Å². The van der Waals surface area contributed by atoms with Crippen LogP contribution in [-0.2, 0) is 0 Å². The fourth-order valence-corrected chi connectivity index (χ4v) is 1.11. The second-order valence-corrected chi connectivity index (χ2v) is 2.73. The molecule has 0 amide bonds. The molecule has 2 aromatic carbocycles. The van der Waals surface area contributed by atoms with Gasteiger partial charge in [0.1, 0.15) is 11.5 Å². The lowest BCUT2D eigenvalue weighted by atomic mass is 10.3. The van der Waals surface area contributed by atoms with Gasteiger partial charge in [-0.3, -0.25) is 0 Å². The van der Waals surface area contributed by atoms with E-state index in [1.165, 1.54) is 0 Å². The Morgan fingerprint density at radius 2 is 0.933 bits per heavy atom. The van der Waals surface area contributed by atoms with Crippen LogP contribution in [0.5, 0.6) is 11.5 Å². The Balaban J connectivity index is 0.000000980. The highest BCUT2D eigenvalue weighted by atomic mass is 35.5. The van der Waals surface area contributed by atoms with Gasteiger partial charge >= 0.3 is 0 Å². The van der Waals surface area contributed by atoms with Gasteiger partial charge in [0.2, 0.25) is 0 Å². The van der Waals surface area contributed by atoms with E-state index < -0.39 is 0 Å². The van der Waals surface area contributed by atoms with Crippen LogP contribution in [0.25, 0.3) is 0 Å². The van der Waals surface area contributed by atoms with Crippen molar-refractivity contribution >= 4 is 29.8 Å². The van der Waals surface area contributed by atoms with Crippen LogP contribution in [0.2, 0.25) is 0 Å². The molecule has 0 radical (unpaired) electrons. The van der Waals surface area contributed by atoms with Crippen molar-refractivity contribution in [3.05, 3.63) is 60.7 Å². The van der Waals surface area contributed by atoms with Gasteiger partial charge in [0.05, 0.1) is 0 Å². The Morgan fingerprint density at radius 1 is 0.600 bits per heavy atom. The van der Waals surface area contributed by atoms with E-state index in [0.717, 1.165) is 11.5 Å². The monoisotopic (exact) mass is 236 g/mol. The third-order valence-corrected chi connectivity index (χ3v) is 1.72. The van der Waals surface area contributed by atoms with Crippen molar-refractivity contribution in [3.63, 3.8) is 0 Å². The molecule has 0 N–H and O–H groups in total. The number of benzene rings is 2. The minimum absolute atomic E-state index is 0. The van der Waals surface area contributed by atoms with Gasteiger partial charge in [0, 0.05) is 0 Å². The van der Waals surface area contributed by atoms with Gasteiger partial charge in [-0.2, -0.15) is 0 Å². The predicted octanol–water partition coefficient (Wildman–Crippen LogP) is 2.72. The molecule has 0 atom stereocenters. The number of para-hydroxylation sites is 2. The van der Waals surface area contributed by atoms with Crippen LogP contribution in [0.3, 0.4) is 0 Å². The number of rotatable bonds is 2. The first kappa shape index (κ1) is 14.1. The summed E-state index contributed by atoms with van der Waals surface area (Å²) in [5, 5.41) is 0. The molecule has 78 valence electrons. The minimum atomic E-state index is 0. The highest BCUT2D eigenvalue weighted by Crippen LogP contribution is 2.19. The van der Waals surface area contributed by atoms with Gasteiger partial charge in [0.25, 0.3) is 0 Å². The fraction of sp³-hybridized carbons (Fsp3) is 0. The summed E-state index contributed by atoms with van der Waals surface area (Å²) in [5.41, 5.74) is 0. The maximum Gasteiger partial charge on any atom is 0.187 e. The Labute approximate surface area is 107 Å². The highest BCUT2D eigenvalue weighted by molar-refractivity contribution is 5.85. The lowest BCUT2D eigenvalue weighted by molar-refractivity contribution is 0.482. The number of halogens is 1. The maximum absolute atomic E-state index is 5.58. The van der Waals surface area contributed by atoms with Gasteiger partial charge in [-0.15, -0.1) is 12.4 Å². The van der Waals surface area contributed by atoms with Crippen LogP contribution in [0.15, 0.2) is 60.7 Å². The Kier molecular flexibility index (Phi) is 6.91. The Morgan fingerprint density at radius 3 is 1.27 bits per heavy atom. The molecule has 0 heterocycles. The number of hydrogen-bond donors (Lipinski definition) is 0. The van der Waals surface area contributed by atoms with Crippen molar-refractivity contribution in [2.24, 2.45) is 0 Å². The molecule has 0 aliphatic heterocycles. The molecule has 1 nitrogen and oxygen atoms in total. The van der Waals surface area contributed by atoms with E-state index in [4.69, 9.17) is 4.74 Å². The van der Waals surface area contributed by atoms with E-state index in [0.29, 0.717) is 0 Å². The van der Waals surface area contributed by atoms with E-state index in [9.17, 15) is 0 Å². The van der Waals surface area contributed by atoms with Crippen LogP contribution in [0, 0.1) is 0 Å². The second-order valence-electron chi connectivity index (χ2n) is 2.73. The lowest BCUT2D eigenvalue weighted by Crippen LogP contribution is -1.81. The summed E-state index contributed by atoms with van der Waals surface area (Å²) < 4.78 is 5.58. The van der Waals surface area contributed by atoms with Gasteiger partial charge in [0.15, 0.2) is 17.4 Å². The summed E-state index contributed by atoms with van der Waals surface area (Å²) in [6.45, 7) is 0. The molecule has 0 bridgehead atoms. The first-order valence-corrected chi connectivity index (χ1v) is 4.23. The average Bonchev–Trinajstić information content (AvgIpc) is 2.21. The standard InChI is InChI=1S/C12H10O.Al.ClH.3H/c1-3-7-11(8-4-1)13-12-9-5-2-6-10-12;;;;;/h1-10H;;1H;;;. The van der Waals surface area contributed by atoms with Crippen LogP contribution < -0.4 is 4.74 Å². The van der Waals surface area contributed by atoms with Gasteiger partial charge in [-0.1, -0.05) is 36.4 Å². The van der Waals surface area contributed by atoms with Crippen molar-refractivity contribution in [2.45, 2.75) is 0 Å². The first-order valence-electron chi connectivity index (χ1n) is 4.23. The van der Waals surface area contributed by atoms with Crippen LogP contribution in [0.4, 0.5) is 0 Å². The van der Waals surface area contributed by atoms with Gasteiger partial charge < -0.3 is 4.74 Å². The summed E-state index contributed by atoms with van der Waals surface area (Å²) in [5.74, 6) is 1.74. The zero-order valence-corrected chi connectivity index (χ0v) is 8.41. The van der Waals surface area contributed by atoms with Crippen LogP contribution >= 0.6 is 12.4 Å². The largest absolute Gasteiger partial charge is 0.457 e. The van der Waals surface area contributed by atoms with Crippen LogP contribution in [0.1, 0.15) is 0 Å². The molecule has 2 rings (SSSR count). The molecule has 0 aromatic heterocycles. The zero-order chi connectivity index (χ0) is 8.93. The third kappa shape index (κ3) is 4.40. The fourth-order valence-electron chi connectivity index (χ4n) is 1.11. The molecule has 3 heteroatoms. The highest BCUT2D eigenvalue weighted by Gasteiger charge is 1.92. The second kappa shape index (κ2) is 7.37. The molecule has 15 heavy (non-hydrogen) atoms. The summed E-state index contributed by atoms with van der Waals surface area (Å²) in [4.78, 5) is 0. The Hall–Kier alpha value is -0.938. The molecular formula is C12H14AlClO. The summed E-state index contributed by atoms with van der Waals surface area (Å²) >= 11 is 0. The number of ether oxygens (including phenoxy) is 1.